The molecule has 1 N–H and O–H groups in total. The molecule has 2 aromatic heterocycles. The fraction of sp³-hybridized carbons (Fsp3) is 0.318. The third-order valence-electron chi connectivity index (χ3n) is 5.26. The van der Waals surface area contributed by atoms with Crippen molar-refractivity contribution in [3.05, 3.63) is 47.7 Å². The molecule has 9 heteroatoms. The summed E-state index contributed by atoms with van der Waals surface area (Å²) in [6.07, 6.45) is 4.39. The number of carbonyl (C=O) groups excluding carboxylic acids is 2. The summed E-state index contributed by atoms with van der Waals surface area (Å²) in [6, 6.07) is 7.12. The maximum atomic E-state index is 12.8. The predicted octanol–water partition coefficient (Wildman–Crippen LogP) is 3.91. The van der Waals surface area contributed by atoms with Gasteiger partial charge in [0.15, 0.2) is 5.13 Å². The first-order chi connectivity index (χ1) is 15.1. The number of anilines is 1. The van der Waals surface area contributed by atoms with E-state index in [1.165, 1.54) is 23.9 Å². The molecule has 3 heterocycles. The fourth-order valence-electron chi connectivity index (χ4n) is 3.62. The lowest BCUT2D eigenvalue weighted by atomic mass is 9.97. The normalized spacial score (nSPS) is 16.1. The van der Waals surface area contributed by atoms with E-state index in [1.807, 2.05) is 23.6 Å². The van der Waals surface area contributed by atoms with E-state index in [-0.39, 0.29) is 17.7 Å². The number of rotatable bonds is 6. The third kappa shape index (κ3) is 4.56. The van der Waals surface area contributed by atoms with Crippen LogP contribution in [-0.2, 0) is 4.79 Å². The summed E-state index contributed by atoms with van der Waals surface area (Å²) in [5.74, 6) is 0.822. The molecule has 3 aromatic rings. The molecule has 1 unspecified atom stereocenters. The number of methoxy groups -OCH3 is 2. The van der Waals surface area contributed by atoms with E-state index in [0.29, 0.717) is 41.0 Å². The van der Waals surface area contributed by atoms with Crippen LogP contribution in [0.1, 0.15) is 23.2 Å². The monoisotopic (exact) mass is 441 g/mol. The van der Waals surface area contributed by atoms with E-state index >= 15 is 0 Å². The van der Waals surface area contributed by atoms with Gasteiger partial charge in [-0.2, -0.15) is 0 Å². The van der Waals surface area contributed by atoms with Gasteiger partial charge in [-0.25, -0.2) is 4.98 Å². The second kappa shape index (κ2) is 9.22. The standard InChI is InChI=1S/C22H23N3O5S/c1-28-16-5-6-19(29-2)17(10-16)18-13-31-22(23-18)24-20(26)14-4-3-8-25(11-14)21(27)15-7-9-30-12-15/h5-7,9-10,12-14H,3-4,8,11H2,1-2H3,(H,23,24,26). The van der Waals surface area contributed by atoms with Crippen molar-refractivity contribution in [2.24, 2.45) is 5.92 Å². The number of hydrogen-bond acceptors (Lipinski definition) is 7. The van der Waals surface area contributed by atoms with Crippen LogP contribution in [0.3, 0.4) is 0 Å². The summed E-state index contributed by atoms with van der Waals surface area (Å²) in [5.41, 5.74) is 1.97. The van der Waals surface area contributed by atoms with Gasteiger partial charge < -0.3 is 24.1 Å². The number of hydrogen-bond donors (Lipinski definition) is 1. The van der Waals surface area contributed by atoms with Crippen LogP contribution in [0, 0.1) is 5.92 Å². The molecule has 0 saturated carbocycles. The number of piperidine rings is 1. The highest BCUT2D eigenvalue weighted by molar-refractivity contribution is 7.14. The number of benzene rings is 1. The van der Waals surface area contributed by atoms with E-state index in [1.54, 1.807) is 25.2 Å². The summed E-state index contributed by atoms with van der Waals surface area (Å²) in [4.78, 5) is 31.7. The summed E-state index contributed by atoms with van der Waals surface area (Å²) in [5, 5.41) is 5.27. The van der Waals surface area contributed by atoms with Gasteiger partial charge >= 0.3 is 0 Å². The topological polar surface area (TPSA) is 93.9 Å². The molecule has 1 fully saturated rings. The number of ether oxygens (including phenoxy) is 2. The first-order valence-electron chi connectivity index (χ1n) is 9.89. The number of furan rings is 1. The lowest BCUT2D eigenvalue weighted by Crippen LogP contribution is -2.43. The SMILES string of the molecule is COc1ccc(OC)c(-c2csc(NC(=O)C3CCCN(C(=O)c4ccoc4)C3)n2)c1. The summed E-state index contributed by atoms with van der Waals surface area (Å²) < 4.78 is 15.7. The largest absolute Gasteiger partial charge is 0.497 e. The lowest BCUT2D eigenvalue weighted by Gasteiger charge is -2.31. The van der Waals surface area contributed by atoms with Crippen LogP contribution < -0.4 is 14.8 Å². The van der Waals surface area contributed by atoms with E-state index < -0.39 is 0 Å². The van der Waals surface area contributed by atoms with Gasteiger partial charge in [0.25, 0.3) is 5.91 Å². The molecule has 31 heavy (non-hydrogen) atoms. The van der Waals surface area contributed by atoms with Crippen molar-refractivity contribution in [1.82, 2.24) is 9.88 Å². The smallest absolute Gasteiger partial charge is 0.257 e. The Morgan fingerprint density at radius 3 is 2.87 bits per heavy atom. The van der Waals surface area contributed by atoms with Crippen LogP contribution in [0.2, 0.25) is 0 Å². The molecule has 4 rings (SSSR count). The molecular weight excluding hydrogens is 418 g/mol. The maximum Gasteiger partial charge on any atom is 0.257 e. The molecule has 1 atom stereocenters. The number of nitrogens with zero attached hydrogens (tertiary/aromatic N) is 2. The van der Waals surface area contributed by atoms with Gasteiger partial charge in [0.2, 0.25) is 5.91 Å². The van der Waals surface area contributed by atoms with Crippen LogP contribution in [0.5, 0.6) is 11.5 Å². The first kappa shape index (κ1) is 20.9. The highest BCUT2D eigenvalue weighted by atomic mass is 32.1. The molecule has 1 saturated heterocycles. The number of nitrogens with one attached hydrogen (secondary N) is 1. The molecular formula is C22H23N3O5S. The quantitative estimate of drug-likeness (QED) is 0.623. The van der Waals surface area contributed by atoms with E-state index in [9.17, 15) is 9.59 Å². The molecule has 1 aliphatic rings. The molecule has 1 aromatic carbocycles. The zero-order chi connectivity index (χ0) is 21.8. The minimum absolute atomic E-state index is 0.118. The van der Waals surface area contributed by atoms with Crippen LogP contribution in [0.25, 0.3) is 11.3 Å². The molecule has 0 radical (unpaired) electrons. The van der Waals surface area contributed by atoms with Crippen molar-refractivity contribution in [1.29, 1.82) is 0 Å². The van der Waals surface area contributed by atoms with Gasteiger partial charge in [0.1, 0.15) is 17.8 Å². The van der Waals surface area contributed by atoms with Crippen LogP contribution >= 0.6 is 11.3 Å². The second-order valence-electron chi connectivity index (χ2n) is 7.20. The number of amides is 2. The Morgan fingerprint density at radius 2 is 2.13 bits per heavy atom. The highest BCUT2D eigenvalue weighted by Gasteiger charge is 2.29. The Balaban J connectivity index is 1.44. The van der Waals surface area contributed by atoms with Crippen LogP contribution in [0.4, 0.5) is 5.13 Å². The zero-order valence-corrected chi connectivity index (χ0v) is 18.1. The number of aromatic nitrogens is 1. The highest BCUT2D eigenvalue weighted by Crippen LogP contribution is 2.35. The Kier molecular flexibility index (Phi) is 6.22. The molecule has 162 valence electrons. The Morgan fingerprint density at radius 1 is 1.26 bits per heavy atom. The van der Waals surface area contributed by atoms with Crippen molar-refractivity contribution in [2.45, 2.75) is 12.8 Å². The number of likely N-dealkylation sites (tertiary alicyclic amines) is 1. The van der Waals surface area contributed by atoms with Gasteiger partial charge in [-0.05, 0) is 37.1 Å². The minimum atomic E-state index is -0.289. The predicted molar refractivity (Wildman–Crippen MR) is 117 cm³/mol. The number of thiazole rings is 1. The van der Waals surface area contributed by atoms with Crippen molar-refractivity contribution in [3.63, 3.8) is 0 Å². The maximum absolute atomic E-state index is 12.8. The van der Waals surface area contributed by atoms with Crippen molar-refractivity contribution in [3.8, 4) is 22.8 Å². The van der Waals surface area contributed by atoms with Gasteiger partial charge in [0, 0.05) is 24.0 Å². The fourth-order valence-corrected chi connectivity index (χ4v) is 4.33. The van der Waals surface area contributed by atoms with E-state index in [2.05, 4.69) is 10.3 Å². The molecule has 0 aliphatic carbocycles. The average Bonchev–Trinajstić information content (AvgIpc) is 3.51. The molecule has 8 nitrogen and oxygen atoms in total. The Bertz CT molecular complexity index is 1060. The van der Waals surface area contributed by atoms with Gasteiger partial charge in [-0.3, -0.25) is 9.59 Å². The second-order valence-corrected chi connectivity index (χ2v) is 8.05. The Hall–Kier alpha value is -3.33. The van der Waals surface area contributed by atoms with Gasteiger partial charge in [0.05, 0.1) is 37.7 Å². The zero-order valence-electron chi connectivity index (χ0n) is 17.3. The van der Waals surface area contributed by atoms with Crippen LogP contribution in [-0.4, -0.2) is 49.0 Å². The molecule has 0 bridgehead atoms. The summed E-state index contributed by atoms with van der Waals surface area (Å²) >= 11 is 1.34. The van der Waals surface area contributed by atoms with Crippen molar-refractivity contribution < 1.29 is 23.5 Å². The third-order valence-corrected chi connectivity index (χ3v) is 6.02. The summed E-state index contributed by atoms with van der Waals surface area (Å²) in [7, 11) is 3.20. The first-order valence-corrected chi connectivity index (χ1v) is 10.8. The minimum Gasteiger partial charge on any atom is -0.497 e. The average molecular weight is 442 g/mol. The molecule has 2 amide bonds. The van der Waals surface area contributed by atoms with Crippen molar-refractivity contribution in [2.75, 3.05) is 32.6 Å². The van der Waals surface area contributed by atoms with Gasteiger partial charge in [-0.1, -0.05) is 0 Å². The Labute approximate surface area is 183 Å². The number of carbonyl (C=O) groups is 2. The van der Waals surface area contributed by atoms with Crippen molar-refractivity contribution >= 4 is 28.3 Å². The van der Waals surface area contributed by atoms with E-state index in [0.717, 1.165) is 18.4 Å². The molecule has 0 spiro atoms. The van der Waals surface area contributed by atoms with E-state index in [4.69, 9.17) is 13.9 Å². The van der Waals surface area contributed by atoms with Crippen LogP contribution in [0.15, 0.2) is 46.6 Å². The molecule has 1 aliphatic heterocycles. The lowest BCUT2D eigenvalue weighted by molar-refractivity contribution is -0.121. The van der Waals surface area contributed by atoms with Gasteiger partial charge in [-0.15, -0.1) is 11.3 Å². The summed E-state index contributed by atoms with van der Waals surface area (Å²) in [6.45, 7) is 1.00.